The van der Waals surface area contributed by atoms with Crippen LogP contribution in [0.3, 0.4) is 0 Å². The number of benzene rings is 2. The van der Waals surface area contributed by atoms with Gasteiger partial charge in [-0.25, -0.2) is 0 Å². The first kappa shape index (κ1) is 15.6. The summed E-state index contributed by atoms with van der Waals surface area (Å²) < 4.78 is 39.1. The van der Waals surface area contributed by atoms with Crippen molar-refractivity contribution in [2.24, 2.45) is 0 Å². The number of hydrogen-bond acceptors (Lipinski definition) is 2. The van der Waals surface area contributed by atoms with Gasteiger partial charge in [-0.15, -0.1) is 11.8 Å². The summed E-state index contributed by atoms with van der Waals surface area (Å²) in [5, 5.41) is 0. The van der Waals surface area contributed by atoms with E-state index in [1.807, 2.05) is 0 Å². The summed E-state index contributed by atoms with van der Waals surface area (Å²) in [7, 11) is 0. The van der Waals surface area contributed by atoms with Crippen LogP contribution in [0.5, 0.6) is 0 Å². The highest BCUT2D eigenvalue weighted by molar-refractivity contribution is 7.98. The summed E-state index contributed by atoms with van der Waals surface area (Å²) in [4.78, 5) is 12.8. The third-order valence-electron chi connectivity index (χ3n) is 3.06. The number of carbonyl (C=O) groups is 1. The van der Waals surface area contributed by atoms with E-state index in [0.29, 0.717) is 10.5 Å². The number of hydrogen-bond donors (Lipinski definition) is 0. The van der Waals surface area contributed by atoms with Gasteiger partial charge in [0.15, 0.2) is 5.78 Å². The lowest BCUT2D eigenvalue weighted by Gasteiger charge is -2.13. The molecule has 5 heteroatoms. The Hall–Kier alpha value is -1.75. The lowest BCUT2D eigenvalue weighted by Crippen LogP contribution is -2.13. The minimum absolute atomic E-state index is 0.0169. The van der Waals surface area contributed by atoms with Gasteiger partial charge < -0.3 is 0 Å². The molecule has 0 heterocycles. The van der Waals surface area contributed by atoms with Crippen LogP contribution in [0, 0.1) is 0 Å². The van der Waals surface area contributed by atoms with Gasteiger partial charge in [-0.1, -0.05) is 30.3 Å². The van der Waals surface area contributed by atoms with Crippen molar-refractivity contribution in [1.29, 1.82) is 0 Å². The van der Waals surface area contributed by atoms with Gasteiger partial charge in [-0.05, 0) is 30.0 Å². The molecule has 0 aliphatic heterocycles. The van der Waals surface area contributed by atoms with Crippen molar-refractivity contribution in [3.63, 3.8) is 0 Å². The van der Waals surface area contributed by atoms with Crippen molar-refractivity contribution in [1.82, 2.24) is 0 Å². The van der Waals surface area contributed by atoms with E-state index in [1.165, 1.54) is 23.9 Å². The Labute approximate surface area is 125 Å². The fourth-order valence-electron chi connectivity index (χ4n) is 2.02. The quantitative estimate of drug-likeness (QED) is 0.593. The van der Waals surface area contributed by atoms with Crippen LogP contribution >= 0.6 is 11.8 Å². The van der Waals surface area contributed by atoms with Gasteiger partial charge in [0.2, 0.25) is 0 Å². The second-order valence-electron chi connectivity index (χ2n) is 4.49. The molecule has 0 atom stereocenters. The Morgan fingerprint density at radius 3 is 2.33 bits per heavy atom. The Morgan fingerprint density at radius 2 is 1.76 bits per heavy atom. The first-order valence-electron chi connectivity index (χ1n) is 6.24. The number of thioether (sulfide) groups is 1. The number of carbonyl (C=O) groups excluding carboxylic acids is 1. The maximum Gasteiger partial charge on any atom is 0.416 e. The smallest absolute Gasteiger partial charge is 0.294 e. The Morgan fingerprint density at radius 1 is 1.10 bits per heavy atom. The molecule has 21 heavy (non-hydrogen) atoms. The van der Waals surface area contributed by atoms with Crippen LogP contribution < -0.4 is 0 Å². The largest absolute Gasteiger partial charge is 0.416 e. The number of halogens is 3. The zero-order valence-electron chi connectivity index (χ0n) is 11.3. The molecule has 0 saturated carbocycles. The molecular formula is C16H13F3OS. The molecule has 110 valence electrons. The monoisotopic (exact) mass is 310 g/mol. The number of ketones is 1. The van der Waals surface area contributed by atoms with Crippen LogP contribution in [0.25, 0.3) is 0 Å². The molecule has 2 rings (SSSR count). The lowest BCUT2D eigenvalue weighted by atomic mass is 9.98. The molecule has 0 saturated heterocycles. The summed E-state index contributed by atoms with van der Waals surface area (Å²) in [6.07, 6.45) is -2.93. The molecule has 0 fully saturated rings. The third kappa shape index (κ3) is 3.88. The van der Waals surface area contributed by atoms with E-state index in [4.69, 9.17) is 0 Å². The van der Waals surface area contributed by atoms with Crippen molar-refractivity contribution in [2.75, 3.05) is 6.26 Å². The molecule has 0 N–H and O–H groups in total. The van der Waals surface area contributed by atoms with Gasteiger partial charge in [0.25, 0.3) is 0 Å². The van der Waals surface area contributed by atoms with Crippen LogP contribution in [0.1, 0.15) is 21.5 Å². The van der Waals surface area contributed by atoms with E-state index in [0.717, 1.165) is 6.07 Å². The predicted molar refractivity (Wildman–Crippen MR) is 77.7 cm³/mol. The molecular weight excluding hydrogens is 297 g/mol. The molecule has 0 unspecified atom stereocenters. The van der Waals surface area contributed by atoms with E-state index in [1.54, 1.807) is 36.6 Å². The van der Waals surface area contributed by atoms with Crippen LogP contribution in [0.2, 0.25) is 0 Å². The molecule has 2 aromatic rings. The summed E-state index contributed by atoms with van der Waals surface area (Å²) in [6.45, 7) is 0. The number of Topliss-reactive ketones (excluding diaryl/α,β-unsaturated/α-hetero) is 1. The predicted octanol–water partition coefficient (Wildman–Crippen LogP) is 4.85. The fraction of sp³-hybridized carbons (Fsp3) is 0.188. The van der Waals surface area contributed by atoms with Gasteiger partial charge in [-0.2, -0.15) is 13.2 Å². The topological polar surface area (TPSA) is 17.1 Å². The highest BCUT2D eigenvalue weighted by Crippen LogP contribution is 2.34. The average molecular weight is 310 g/mol. The maximum absolute atomic E-state index is 13.0. The van der Waals surface area contributed by atoms with Crippen molar-refractivity contribution in [3.05, 3.63) is 65.2 Å². The lowest BCUT2D eigenvalue weighted by molar-refractivity contribution is -0.138. The first-order valence-corrected chi connectivity index (χ1v) is 7.46. The Bertz CT molecular complexity index is 636. The summed E-state index contributed by atoms with van der Waals surface area (Å²) in [5.74, 6) is -0.320. The molecule has 1 nitrogen and oxygen atoms in total. The van der Waals surface area contributed by atoms with E-state index < -0.39 is 11.7 Å². The van der Waals surface area contributed by atoms with Crippen LogP contribution in [-0.2, 0) is 12.6 Å². The molecule has 0 bridgehead atoms. The SMILES string of the molecule is CSc1ccc(C(F)(F)F)c(CC(=O)c2ccccc2)c1. The van der Waals surface area contributed by atoms with Gasteiger partial charge in [0.05, 0.1) is 5.56 Å². The van der Waals surface area contributed by atoms with Crippen molar-refractivity contribution < 1.29 is 18.0 Å². The van der Waals surface area contributed by atoms with Gasteiger partial charge >= 0.3 is 6.18 Å². The first-order chi connectivity index (χ1) is 9.91. The fourth-order valence-corrected chi connectivity index (χ4v) is 2.48. The number of alkyl halides is 3. The highest BCUT2D eigenvalue weighted by Gasteiger charge is 2.33. The summed E-state index contributed by atoms with van der Waals surface area (Å²) in [6, 6.07) is 12.2. The van der Waals surface area contributed by atoms with Crippen LogP contribution in [0.15, 0.2) is 53.4 Å². The van der Waals surface area contributed by atoms with Crippen LogP contribution in [0.4, 0.5) is 13.2 Å². The van der Waals surface area contributed by atoms with Gasteiger partial charge in [0.1, 0.15) is 0 Å². The standard InChI is InChI=1S/C16H13F3OS/c1-21-13-7-8-14(16(17,18)19)12(9-13)10-15(20)11-5-3-2-4-6-11/h2-9H,10H2,1H3. The zero-order valence-corrected chi connectivity index (χ0v) is 12.1. The minimum atomic E-state index is -4.46. The van der Waals surface area contributed by atoms with Crippen molar-refractivity contribution in [3.8, 4) is 0 Å². The van der Waals surface area contributed by atoms with E-state index in [-0.39, 0.29) is 17.8 Å². The van der Waals surface area contributed by atoms with E-state index in [9.17, 15) is 18.0 Å². The molecule has 2 aromatic carbocycles. The molecule has 0 amide bonds. The Balaban J connectivity index is 2.36. The molecule has 0 spiro atoms. The summed E-state index contributed by atoms with van der Waals surface area (Å²) >= 11 is 1.35. The van der Waals surface area contributed by atoms with E-state index >= 15 is 0 Å². The molecule has 0 aliphatic rings. The molecule has 0 aromatic heterocycles. The normalized spacial score (nSPS) is 11.4. The van der Waals surface area contributed by atoms with Crippen molar-refractivity contribution >= 4 is 17.5 Å². The average Bonchev–Trinajstić information content (AvgIpc) is 2.46. The number of rotatable bonds is 4. The van der Waals surface area contributed by atoms with Crippen molar-refractivity contribution in [2.45, 2.75) is 17.5 Å². The van der Waals surface area contributed by atoms with Crippen LogP contribution in [-0.4, -0.2) is 12.0 Å². The van der Waals surface area contributed by atoms with Gasteiger partial charge in [0, 0.05) is 16.9 Å². The molecule has 0 radical (unpaired) electrons. The zero-order chi connectivity index (χ0) is 15.5. The third-order valence-corrected chi connectivity index (χ3v) is 3.79. The maximum atomic E-state index is 13.0. The molecule has 0 aliphatic carbocycles. The van der Waals surface area contributed by atoms with E-state index in [2.05, 4.69) is 0 Å². The second-order valence-corrected chi connectivity index (χ2v) is 5.37. The second kappa shape index (κ2) is 6.35. The Kier molecular flexibility index (Phi) is 4.73. The minimum Gasteiger partial charge on any atom is -0.294 e. The highest BCUT2D eigenvalue weighted by atomic mass is 32.2. The van der Waals surface area contributed by atoms with Gasteiger partial charge in [-0.3, -0.25) is 4.79 Å². The summed E-state index contributed by atoms with van der Waals surface area (Å²) in [5.41, 5.74) is -0.312.